The molecule has 0 aromatic rings. The molecule has 54 valence electrons. The van der Waals surface area contributed by atoms with E-state index in [1.807, 2.05) is 6.92 Å². The lowest BCUT2D eigenvalue weighted by Gasteiger charge is -2.02. The molecule has 0 aliphatic heterocycles. The lowest BCUT2D eigenvalue weighted by molar-refractivity contribution is 0.709. The summed E-state index contributed by atoms with van der Waals surface area (Å²) in [6.45, 7) is 7.46. The second-order valence-corrected chi connectivity index (χ2v) is 2.25. The van der Waals surface area contributed by atoms with Crippen LogP contribution in [0.15, 0.2) is 11.8 Å². The van der Waals surface area contributed by atoms with Gasteiger partial charge in [-0.05, 0) is 20.3 Å². The molecule has 0 bridgehead atoms. The van der Waals surface area contributed by atoms with E-state index in [0.717, 1.165) is 6.54 Å². The quantitative estimate of drug-likeness (QED) is 0.571. The molecule has 0 aliphatic carbocycles. The number of hydrogen-bond donors (Lipinski definition) is 1. The van der Waals surface area contributed by atoms with E-state index in [9.17, 15) is 0 Å². The molecule has 0 aromatic carbocycles. The fourth-order valence-corrected chi connectivity index (χ4v) is 0.564. The van der Waals surface area contributed by atoms with E-state index in [4.69, 9.17) is 0 Å². The fraction of sp³-hybridized carbons (Fsp3) is 0.750. The lowest BCUT2D eigenvalue weighted by atomic mass is 10.3. The SMILES string of the molecule is C/C=C(\C)NCCCC. The molecule has 0 heterocycles. The summed E-state index contributed by atoms with van der Waals surface area (Å²) in [5, 5.41) is 3.29. The second-order valence-electron chi connectivity index (χ2n) is 2.25. The Hall–Kier alpha value is -0.460. The molecule has 0 fully saturated rings. The Balaban J connectivity index is 3.07. The predicted octanol–water partition coefficient (Wildman–Crippen LogP) is 2.30. The van der Waals surface area contributed by atoms with Crippen LogP contribution in [0, 0.1) is 0 Å². The van der Waals surface area contributed by atoms with Gasteiger partial charge in [0.15, 0.2) is 0 Å². The van der Waals surface area contributed by atoms with Crippen molar-refractivity contribution in [2.24, 2.45) is 0 Å². The zero-order valence-corrected chi connectivity index (χ0v) is 6.70. The molecular weight excluding hydrogens is 110 g/mol. The highest BCUT2D eigenvalue weighted by molar-refractivity contribution is 4.91. The molecule has 1 nitrogen and oxygen atoms in total. The summed E-state index contributed by atoms with van der Waals surface area (Å²) in [4.78, 5) is 0. The minimum atomic E-state index is 1.12. The summed E-state index contributed by atoms with van der Waals surface area (Å²) in [6.07, 6.45) is 4.63. The Morgan fingerprint density at radius 2 is 2.22 bits per heavy atom. The van der Waals surface area contributed by atoms with Crippen molar-refractivity contribution in [3.05, 3.63) is 11.8 Å². The van der Waals surface area contributed by atoms with Gasteiger partial charge in [-0.1, -0.05) is 19.4 Å². The number of unbranched alkanes of at least 4 members (excludes halogenated alkanes) is 1. The Morgan fingerprint density at radius 1 is 1.56 bits per heavy atom. The van der Waals surface area contributed by atoms with Gasteiger partial charge in [0.2, 0.25) is 0 Å². The summed E-state index contributed by atoms with van der Waals surface area (Å²) in [6, 6.07) is 0. The van der Waals surface area contributed by atoms with E-state index in [1.165, 1.54) is 18.5 Å². The molecular formula is C8H17N. The summed E-state index contributed by atoms with van der Waals surface area (Å²) >= 11 is 0. The molecule has 0 amide bonds. The fourth-order valence-electron chi connectivity index (χ4n) is 0.564. The third kappa shape index (κ3) is 5.41. The lowest BCUT2D eigenvalue weighted by Crippen LogP contribution is -2.11. The van der Waals surface area contributed by atoms with Crippen LogP contribution in [-0.4, -0.2) is 6.54 Å². The van der Waals surface area contributed by atoms with Crippen LogP contribution >= 0.6 is 0 Å². The third-order valence-electron chi connectivity index (χ3n) is 1.37. The van der Waals surface area contributed by atoms with Crippen LogP contribution in [0.3, 0.4) is 0 Å². The topological polar surface area (TPSA) is 12.0 Å². The van der Waals surface area contributed by atoms with E-state index < -0.39 is 0 Å². The van der Waals surface area contributed by atoms with Gasteiger partial charge < -0.3 is 5.32 Å². The van der Waals surface area contributed by atoms with Crippen molar-refractivity contribution in [3.63, 3.8) is 0 Å². The molecule has 0 spiro atoms. The van der Waals surface area contributed by atoms with Gasteiger partial charge in [-0.25, -0.2) is 0 Å². The summed E-state index contributed by atoms with van der Waals surface area (Å²) in [5.41, 5.74) is 1.28. The maximum atomic E-state index is 3.29. The molecule has 0 rings (SSSR count). The highest BCUT2D eigenvalue weighted by atomic mass is 14.9. The van der Waals surface area contributed by atoms with Crippen LogP contribution in [0.25, 0.3) is 0 Å². The summed E-state index contributed by atoms with van der Waals surface area (Å²) < 4.78 is 0. The highest BCUT2D eigenvalue weighted by Crippen LogP contribution is 1.87. The Kier molecular flexibility index (Phi) is 5.38. The highest BCUT2D eigenvalue weighted by Gasteiger charge is 1.82. The zero-order chi connectivity index (χ0) is 7.11. The van der Waals surface area contributed by atoms with Crippen LogP contribution in [-0.2, 0) is 0 Å². The molecule has 1 N–H and O–H groups in total. The van der Waals surface area contributed by atoms with Gasteiger partial charge in [0, 0.05) is 12.2 Å². The first kappa shape index (κ1) is 8.54. The molecule has 9 heavy (non-hydrogen) atoms. The van der Waals surface area contributed by atoms with Crippen molar-refractivity contribution in [1.29, 1.82) is 0 Å². The maximum Gasteiger partial charge on any atom is 0.0143 e. The van der Waals surface area contributed by atoms with E-state index in [-0.39, 0.29) is 0 Å². The van der Waals surface area contributed by atoms with Gasteiger partial charge in [-0.15, -0.1) is 0 Å². The molecule has 0 aliphatic rings. The monoisotopic (exact) mass is 127 g/mol. The first-order chi connectivity index (χ1) is 4.31. The number of rotatable bonds is 4. The van der Waals surface area contributed by atoms with Gasteiger partial charge in [0.25, 0.3) is 0 Å². The summed E-state index contributed by atoms with van der Waals surface area (Å²) in [7, 11) is 0. The predicted molar refractivity (Wildman–Crippen MR) is 42.3 cm³/mol. The zero-order valence-electron chi connectivity index (χ0n) is 6.70. The Morgan fingerprint density at radius 3 is 2.67 bits per heavy atom. The van der Waals surface area contributed by atoms with Gasteiger partial charge >= 0.3 is 0 Å². The van der Waals surface area contributed by atoms with Crippen LogP contribution in [0.4, 0.5) is 0 Å². The minimum Gasteiger partial charge on any atom is -0.389 e. The van der Waals surface area contributed by atoms with Gasteiger partial charge in [0.05, 0.1) is 0 Å². The van der Waals surface area contributed by atoms with E-state index in [1.54, 1.807) is 0 Å². The number of nitrogens with one attached hydrogen (secondary N) is 1. The van der Waals surface area contributed by atoms with E-state index in [0.29, 0.717) is 0 Å². The Bertz CT molecular complexity index is 84.6. The maximum absolute atomic E-state index is 3.29. The molecule has 0 unspecified atom stereocenters. The van der Waals surface area contributed by atoms with Crippen molar-refractivity contribution < 1.29 is 0 Å². The average molecular weight is 127 g/mol. The van der Waals surface area contributed by atoms with Crippen LogP contribution in [0.5, 0.6) is 0 Å². The largest absolute Gasteiger partial charge is 0.389 e. The van der Waals surface area contributed by atoms with E-state index in [2.05, 4.69) is 25.2 Å². The van der Waals surface area contributed by atoms with Crippen molar-refractivity contribution in [2.45, 2.75) is 33.6 Å². The smallest absolute Gasteiger partial charge is 0.0143 e. The molecule has 0 aromatic heterocycles. The standard InChI is InChI=1S/C8H17N/c1-4-6-7-9-8(3)5-2/h5,9H,4,6-7H2,1-3H3/b8-5+. The van der Waals surface area contributed by atoms with Crippen molar-refractivity contribution in [2.75, 3.05) is 6.54 Å². The van der Waals surface area contributed by atoms with Crippen LogP contribution in [0.2, 0.25) is 0 Å². The molecule has 1 heteroatoms. The minimum absolute atomic E-state index is 1.12. The number of allylic oxidation sites excluding steroid dienone is 2. The average Bonchev–Trinajstić information content (AvgIpc) is 1.89. The van der Waals surface area contributed by atoms with Gasteiger partial charge in [0.1, 0.15) is 0 Å². The Labute approximate surface area is 58.2 Å². The van der Waals surface area contributed by atoms with Crippen molar-refractivity contribution >= 4 is 0 Å². The first-order valence-electron chi connectivity index (χ1n) is 3.68. The number of hydrogen-bond acceptors (Lipinski definition) is 1. The van der Waals surface area contributed by atoms with Gasteiger partial charge in [-0.2, -0.15) is 0 Å². The second kappa shape index (κ2) is 5.67. The van der Waals surface area contributed by atoms with E-state index >= 15 is 0 Å². The molecule has 0 radical (unpaired) electrons. The van der Waals surface area contributed by atoms with Crippen LogP contribution in [0.1, 0.15) is 33.6 Å². The molecule has 0 saturated carbocycles. The van der Waals surface area contributed by atoms with Crippen LogP contribution < -0.4 is 5.32 Å². The van der Waals surface area contributed by atoms with Gasteiger partial charge in [-0.3, -0.25) is 0 Å². The third-order valence-corrected chi connectivity index (χ3v) is 1.37. The first-order valence-corrected chi connectivity index (χ1v) is 3.68. The summed E-state index contributed by atoms with van der Waals surface area (Å²) in [5.74, 6) is 0. The molecule has 0 atom stereocenters. The normalized spacial score (nSPS) is 11.7. The van der Waals surface area contributed by atoms with Crippen molar-refractivity contribution in [3.8, 4) is 0 Å². The van der Waals surface area contributed by atoms with Crippen molar-refractivity contribution in [1.82, 2.24) is 5.32 Å². The molecule has 0 saturated heterocycles.